The Kier molecular flexibility index (Phi) is 6.53. The van der Waals surface area contributed by atoms with Crippen LogP contribution in [0.4, 0.5) is 0 Å². The first-order chi connectivity index (χ1) is 16.3. The summed E-state index contributed by atoms with van der Waals surface area (Å²) in [7, 11) is 1.55. The van der Waals surface area contributed by atoms with Crippen molar-refractivity contribution >= 4 is 23.2 Å². The summed E-state index contributed by atoms with van der Waals surface area (Å²) in [6, 6.07) is 11.6. The molecule has 2 N–H and O–H groups in total. The highest BCUT2D eigenvalue weighted by atomic mass is 35.5. The van der Waals surface area contributed by atoms with Gasteiger partial charge in [0.15, 0.2) is 5.75 Å². The number of aryl methyl sites for hydroxylation is 1. The predicted molar refractivity (Wildman–Crippen MR) is 126 cm³/mol. The Balaban J connectivity index is 1.66. The van der Waals surface area contributed by atoms with Crippen molar-refractivity contribution in [2.75, 3.05) is 7.11 Å². The summed E-state index contributed by atoms with van der Waals surface area (Å²) in [4.78, 5) is 38.2. The number of methoxy groups -OCH3 is 1. The molecule has 2 aromatic heterocycles. The van der Waals surface area contributed by atoms with E-state index in [4.69, 9.17) is 32.7 Å². The van der Waals surface area contributed by atoms with Gasteiger partial charge in [-0.1, -0.05) is 41.4 Å². The second kappa shape index (κ2) is 9.54. The van der Waals surface area contributed by atoms with Gasteiger partial charge >= 0.3 is 5.69 Å². The zero-order chi connectivity index (χ0) is 24.4. The maximum absolute atomic E-state index is 12.3. The van der Waals surface area contributed by atoms with Crippen molar-refractivity contribution in [1.29, 1.82) is 0 Å². The average Bonchev–Trinajstić information content (AvgIpc) is 2.81. The van der Waals surface area contributed by atoms with Crippen molar-refractivity contribution in [3.8, 4) is 23.1 Å². The van der Waals surface area contributed by atoms with Crippen LogP contribution in [0.5, 0.6) is 17.4 Å². The fourth-order valence-electron chi connectivity index (χ4n) is 3.19. The van der Waals surface area contributed by atoms with Gasteiger partial charge in [-0.15, -0.1) is 5.10 Å². The molecule has 10 nitrogen and oxygen atoms in total. The lowest BCUT2D eigenvalue weighted by Crippen LogP contribution is -2.32. The third-order valence-corrected chi connectivity index (χ3v) is 5.42. The molecule has 174 valence electrons. The van der Waals surface area contributed by atoms with E-state index in [9.17, 15) is 14.4 Å². The van der Waals surface area contributed by atoms with Crippen LogP contribution in [0.3, 0.4) is 0 Å². The minimum absolute atomic E-state index is 0.0521. The lowest BCUT2D eigenvalue weighted by molar-refractivity contribution is 0.410. The number of benzene rings is 2. The van der Waals surface area contributed by atoms with Crippen LogP contribution in [0.2, 0.25) is 10.0 Å². The Hall–Kier alpha value is -3.89. The number of aromatic amines is 2. The molecule has 4 aromatic rings. The minimum Gasteiger partial charge on any atom is -0.496 e. The Morgan fingerprint density at radius 2 is 1.71 bits per heavy atom. The third-order valence-electron chi connectivity index (χ3n) is 4.86. The van der Waals surface area contributed by atoms with Crippen LogP contribution < -0.4 is 26.3 Å². The summed E-state index contributed by atoms with van der Waals surface area (Å²) in [5, 5.41) is 10.4. The molecule has 2 heterocycles. The molecule has 0 spiro atoms. The molecule has 0 unspecified atom stereocenters. The fourth-order valence-corrected chi connectivity index (χ4v) is 3.74. The van der Waals surface area contributed by atoms with Gasteiger partial charge in [-0.3, -0.25) is 14.6 Å². The van der Waals surface area contributed by atoms with Crippen molar-refractivity contribution < 1.29 is 9.47 Å². The molecule has 0 fully saturated rings. The quantitative estimate of drug-likeness (QED) is 0.414. The van der Waals surface area contributed by atoms with Crippen LogP contribution in [-0.2, 0) is 6.42 Å². The summed E-state index contributed by atoms with van der Waals surface area (Å²) in [6.45, 7) is 1.46. The van der Waals surface area contributed by atoms with E-state index in [1.807, 2.05) is 18.2 Å². The van der Waals surface area contributed by atoms with Gasteiger partial charge < -0.3 is 9.47 Å². The van der Waals surface area contributed by atoms with Crippen LogP contribution in [0, 0.1) is 6.92 Å². The molecule has 0 aliphatic heterocycles. The van der Waals surface area contributed by atoms with E-state index in [0.29, 0.717) is 11.3 Å². The second-order valence-electron chi connectivity index (χ2n) is 7.15. The molecule has 0 amide bonds. The van der Waals surface area contributed by atoms with E-state index >= 15 is 0 Å². The van der Waals surface area contributed by atoms with Crippen molar-refractivity contribution in [2.24, 2.45) is 0 Å². The van der Waals surface area contributed by atoms with Gasteiger partial charge in [0.1, 0.15) is 11.4 Å². The van der Waals surface area contributed by atoms with Crippen LogP contribution in [-0.4, -0.2) is 32.1 Å². The molecule has 2 aromatic carbocycles. The SMILES string of the molecule is COc1ccccc1Cc1cc(Oc2c(Cl)cc(-n3nc(C)c(=O)[nH]c3=O)cc2Cl)n[nH]c1=O. The normalized spacial score (nSPS) is 10.8. The Morgan fingerprint density at radius 1 is 1.00 bits per heavy atom. The number of halogens is 2. The summed E-state index contributed by atoms with van der Waals surface area (Å²) in [6.07, 6.45) is 0.277. The van der Waals surface area contributed by atoms with Crippen molar-refractivity contribution in [3.63, 3.8) is 0 Å². The lowest BCUT2D eigenvalue weighted by atomic mass is 10.1. The number of aromatic nitrogens is 5. The number of hydrogen-bond acceptors (Lipinski definition) is 7. The molecule has 0 bridgehead atoms. The molecule has 0 aliphatic rings. The van der Waals surface area contributed by atoms with E-state index in [1.54, 1.807) is 13.2 Å². The topological polar surface area (TPSA) is 132 Å². The van der Waals surface area contributed by atoms with Crippen LogP contribution >= 0.6 is 23.2 Å². The minimum atomic E-state index is -0.750. The van der Waals surface area contributed by atoms with Gasteiger partial charge in [-0.2, -0.15) is 9.78 Å². The van der Waals surface area contributed by atoms with Gasteiger partial charge in [-0.05, 0) is 30.7 Å². The molecule has 12 heteroatoms. The molecule has 0 atom stereocenters. The molecule has 0 radical (unpaired) electrons. The molecule has 4 rings (SSSR count). The first kappa shape index (κ1) is 23.3. The molecular weight excluding hydrogens is 485 g/mol. The van der Waals surface area contributed by atoms with Crippen molar-refractivity contribution in [1.82, 2.24) is 25.0 Å². The van der Waals surface area contributed by atoms with Gasteiger partial charge in [0.2, 0.25) is 5.88 Å². The number of nitrogens with one attached hydrogen (secondary N) is 2. The van der Waals surface area contributed by atoms with Gasteiger partial charge in [0, 0.05) is 18.1 Å². The summed E-state index contributed by atoms with van der Waals surface area (Å²) in [5.74, 6) is 0.754. The molecule has 0 aliphatic carbocycles. The fraction of sp³-hybridized carbons (Fsp3) is 0.136. The summed E-state index contributed by atoms with van der Waals surface area (Å²) < 4.78 is 12.1. The number of nitrogens with zero attached hydrogens (tertiary/aromatic N) is 3. The second-order valence-corrected chi connectivity index (χ2v) is 7.96. The summed E-state index contributed by atoms with van der Waals surface area (Å²) >= 11 is 12.7. The predicted octanol–water partition coefficient (Wildman–Crippen LogP) is 3.01. The maximum atomic E-state index is 12.3. The number of ether oxygens (including phenoxy) is 2. The Morgan fingerprint density at radius 3 is 2.41 bits per heavy atom. The maximum Gasteiger partial charge on any atom is 0.349 e. The highest BCUT2D eigenvalue weighted by molar-refractivity contribution is 6.37. The number of H-pyrrole nitrogens is 2. The van der Waals surface area contributed by atoms with Crippen LogP contribution in [0.1, 0.15) is 16.8 Å². The van der Waals surface area contributed by atoms with Gasteiger partial charge in [0.25, 0.3) is 11.1 Å². The monoisotopic (exact) mass is 501 g/mol. The van der Waals surface area contributed by atoms with Gasteiger partial charge in [-0.25, -0.2) is 9.89 Å². The molecule has 0 saturated carbocycles. The Bertz CT molecular complexity index is 1540. The molecular formula is C22H17Cl2N5O5. The molecule has 0 saturated heterocycles. The van der Waals surface area contributed by atoms with E-state index in [1.165, 1.54) is 25.1 Å². The van der Waals surface area contributed by atoms with E-state index in [2.05, 4.69) is 20.3 Å². The Labute approximate surface area is 201 Å². The average molecular weight is 502 g/mol. The highest BCUT2D eigenvalue weighted by Gasteiger charge is 2.16. The highest BCUT2D eigenvalue weighted by Crippen LogP contribution is 2.37. The first-order valence-electron chi connectivity index (χ1n) is 9.85. The van der Waals surface area contributed by atoms with E-state index in [-0.39, 0.29) is 45.0 Å². The zero-order valence-corrected chi connectivity index (χ0v) is 19.4. The number of para-hydroxylation sites is 1. The largest absolute Gasteiger partial charge is 0.496 e. The van der Waals surface area contributed by atoms with Crippen LogP contribution in [0.25, 0.3) is 5.69 Å². The molecule has 34 heavy (non-hydrogen) atoms. The smallest absolute Gasteiger partial charge is 0.349 e. The van der Waals surface area contributed by atoms with Crippen molar-refractivity contribution in [3.05, 3.63) is 101 Å². The van der Waals surface area contributed by atoms with Gasteiger partial charge in [0.05, 0.1) is 22.8 Å². The third kappa shape index (κ3) is 4.73. The summed E-state index contributed by atoms with van der Waals surface area (Å²) in [5.41, 5.74) is -0.221. The first-order valence-corrected chi connectivity index (χ1v) is 10.6. The number of rotatable bonds is 6. The van der Waals surface area contributed by atoms with Crippen LogP contribution in [0.15, 0.2) is 56.8 Å². The standard InChI is InChI=1S/C22H17Cl2N5O5/c1-11-20(30)25-22(32)29(28-11)14-9-15(23)19(16(24)10-14)34-18-8-13(21(31)27-26-18)7-12-5-3-4-6-17(12)33-2/h3-6,8-10H,7H2,1-2H3,(H,27,31)(H,25,30,32). The lowest BCUT2D eigenvalue weighted by Gasteiger charge is -2.12. The number of hydrogen-bond donors (Lipinski definition) is 2. The van der Waals surface area contributed by atoms with E-state index < -0.39 is 11.2 Å². The van der Waals surface area contributed by atoms with Crippen molar-refractivity contribution in [2.45, 2.75) is 13.3 Å². The van der Waals surface area contributed by atoms with E-state index in [0.717, 1.165) is 10.2 Å². The zero-order valence-electron chi connectivity index (χ0n) is 17.9.